The highest BCUT2D eigenvalue weighted by molar-refractivity contribution is 5.70. The van der Waals surface area contributed by atoms with E-state index in [1.54, 1.807) is 0 Å². The van der Waals surface area contributed by atoms with Gasteiger partial charge in [0.05, 0.1) is 39.6 Å². The number of hydrogen-bond acceptors (Lipinski definition) is 8. The van der Waals surface area contributed by atoms with E-state index in [-0.39, 0.29) is 38.0 Å². The van der Waals surface area contributed by atoms with Crippen molar-refractivity contribution in [1.82, 2.24) is 0 Å². The van der Waals surface area contributed by atoms with Gasteiger partial charge in [0.25, 0.3) is 0 Å². The van der Waals surface area contributed by atoms with E-state index in [9.17, 15) is 9.59 Å². The summed E-state index contributed by atoms with van der Waals surface area (Å²) in [4.78, 5) is 23.5. The lowest BCUT2D eigenvalue weighted by molar-refractivity contribution is -0.147. The Morgan fingerprint density at radius 2 is 0.684 bits per heavy atom. The fourth-order valence-corrected chi connectivity index (χ4v) is 3.72. The second-order valence-corrected chi connectivity index (χ2v) is 9.63. The minimum absolute atomic E-state index is 0.238. The van der Waals surface area contributed by atoms with Crippen molar-refractivity contribution in [2.75, 3.05) is 66.1 Å². The largest absolute Gasteiger partial charge is 0.463 e. The topological polar surface area (TPSA) is 89.5 Å². The predicted molar refractivity (Wildman–Crippen MR) is 150 cm³/mol. The molecule has 0 aliphatic heterocycles. The molecule has 226 valence electrons. The van der Waals surface area contributed by atoms with Crippen LogP contribution in [-0.2, 0) is 38.0 Å². The van der Waals surface area contributed by atoms with Crippen molar-refractivity contribution in [2.45, 2.75) is 117 Å². The molecule has 0 heterocycles. The number of rotatable bonds is 31. The van der Waals surface area contributed by atoms with Crippen molar-refractivity contribution in [2.24, 2.45) is 0 Å². The van der Waals surface area contributed by atoms with Gasteiger partial charge in [-0.05, 0) is 25.7 Å². The molecule has 0 fully saturated rings. The first-order valence-corrected chi connectivity index (χ1v) is 15.3. The van der Waals surface area contributed by atoms with Gasteiger partial charge in [-0.3, -0.25) is 9.59 Å². The van der Waals surface area contributed by atoms with Gasteiger partial charge in [-0.25, -0.2) is 0 Å². The van der Waals surface area contributed by atoms with Gasteiger partial charge < -0.3 is 28.4 Å². The zero-order valence-corrected chi connectivity index (χ0v) is 24.7. The van der Waals surface area contributed by atoms with Gasteiger partial charge in [-0.1, -0.05) is 78.1 Å². The molecule has 0 saturated carbocycles. The van der Waals surface area contributed by atoms with Gasteiger partial charge in [-0.2, -0.15) is 0 Å². The molecule has 38 heavy (non-hydrogen) atoms. The minimum Gasteiger partial charge on any atom is -0.463 e. The second-order valence-electron chi connectivity index (χ2n) is 9.63. The number of esters is 2. The molecule has 0 aromatic carbocycles. The Morgan fingerprint density at radius 1 is 0.368 bits per heavy atom. The van der Waals surface area contributed by atoms with E-state index in [1.165, 1.54) is 64.2 Å². The Hall–Kier alpha value is -1.22. The lowest BCUT2D eigenvalue weighted by Crippen LogP contribution is -2.14. The molecule has 0 spiro atoms. The summed E-state index contributed by atoms with van der Waals surface area (Å²) in [6, 6.07) is 0. The second kappa shape index (κ2) is 32.0. The van der Waals surface area contributed by atoms with Crippen molar-refractivity contribution in [3.63, 3.8) is 0 Å². The smallest absolute Gasteiger partial charge is 0.305 e. The van der Waals surface area contributed by atoms with E-state index in [2.05, 4.69) is 13.8 Å². The van der Waals surface area contributed by atoms with Gasteiger partial charge in [0.1, 0.15) is 13.2 Å². The molecule has 0 bridgehead atoms. The number of carbonyl (C=O) groups excluding carboxylic acids is 2. The normalized spacial score (nSPS) is 11.1. The first-order chi connectivity index (χ1) is 18.7. The molecular formula is C30H58O8. The third kappa shape index (κ3) is 31.0. The first kappa shape index (κ1) is 36.8. The van der Waals surface area contributed by atoms with Crippen molar-refractivity contribution in [3.8, 4) is 0 Å². The average molecular weight is 547 g/mol. The van der Waals surface area contributed by atoms with E-state index in [0.29, 0.717) is 52.5 Å². The molecule has 0 saturated heterocycles. The number of unbranched alkanes of at least 4 members (excludes halogenated alkanes) is 11. The fraction of sp³-hybridized carbons (Fsp3) is 0.933. The molecule has 0 aromatic heterocycles. The molecule has 0 amide bonds. The van der Waals surface area contributed by atoms with Crippen LogP contribution >= 0.6 is 0 Å². The Morgan fingerprint density at radius 3 is 1.08 bits per heavy atom. The molecule has 0 N–H and O–H groups in total. The summed E-state index contributed by atoms with van der Waals surface area (Å²) in [7, 11) is 0. The number of carbonyl (C=O) groups is 2. The molecule has 0 rings (SSSR count). The van der Waals surface area contributed by atoms with Crippen molar-refractivity contribution in [3.05, 3.63) is 0 Å². The maximum absolute atomic E-state index is 11.8. The van der Waals surface area contributed by atoms with Crippen LogP contribution in [0.1, 0.15) is 117 Å². The third-order valence-electron chi connectivity index (χ3n) is 6.02. The Labute approximate surface area is 232 Å². The van der Waals surface area contributed by atoms with Crippen molar-refractivity contribution < 1.29 is 38.0 Å². The van der Waals surface area contributed by atoms with Crippen LogP contribution in [-0.4, -0.2) is 78.0 Å². The molecular weight excluding hydrogens is 488 g/mol. The summed E-state index contributed by atoms with van der Waals surface area (Å²) in [6.07, 6.45) is 16.8. The lowest BCUT2D eigenvalue weighted by Gasteiger charge is -2.08. The lowest BCUT2D eigenvalue weighted by atomic mass is 10.1. The number of hydrogen-bond donors (Lipinski definition) is 0. The zero-order chi connectivity index (χ0) is 27.8. The highest BCUT2D eigenvalue weighted by Crippen LogP contribution is 2.06. The summed E-state index contributed by atoms with van der Waals surface area (Å²) >= 11 is 0. The van der Waals surface area contributed by atoms with Crippen molar-refractivity contribution >= 4 is 11.9 Å². The Kier molecular flexibility index (Phi) is 31.0. The van der Waals surface area contributed by atoms with Gasteiger partial charge >= 0.3 is 11.9 Å². The monoisotopic (exact) mass is 546 g/mol. The Balaban J connectivity index is 3.27. The predicted octanol–water partition coefficient (Wildman–Crippen LogP) is 6.42. The van der Waals surface area contributed by atoms with Crippen LogP contribution in [0.2, 0.25) is 0 Å². The van der Waals surface area contributed by atoms with Gasteiger partial charge in [-0.15, -0.1) is 0 Å². The molecule has 0 aliphatic rings. The van der Waals surface area contributed by atoms with Crippen LogP contribution < -0.4 is 0 Å². The fourth-order valence-electron chi connectivity index (χ4n) is 3.72. The summed E-state index contributed by atoms with van der Waals surface area (Å²) in [6.45, 7) is 9.36. The first-order valence-electron chi connectivity index (χ1n) is 15.3. The van der Waals surface area contributed by atoms with Gasteiger partial charge in [0.2, 0.25) is 0 Å². The van der Waals surface area contributed by atoms with Crippen LogP contribution in [0.25, 0.3) is 0 Å². The van der Waals surface area contributed by atoms with Crippen LogP contribution in [0.5, 0.6) is 0 Å². The van der Waals surface area contributed by atoms with E-state index in [0.717, 1.165) is 26.1 Å². The molecule has 8 heteroatoms. The summed E-state index contributed by atoms with van der Waals surface area (Å²) in [5.41, 5.74) is 0. The Bertz CT molecular complexity index is 457. The number of ether oxygens (including phenoxy) is 6. The van der Waals surface area contributed by atoms with E-state index >= 15 is 0 Å². The molecule has 0 aliphatic carbocycles. The van der Waals surface area contributed by atoms with Gasteiger partial charge in [0, 0.05) is 26.1 Å². The van der Waals surface area contributed by atoms with Crippen LogP contribution in [0, 0.1) is 0 Å². The van der Waals surface area contributed by atoms with Gasteiger partial charge in [0.15, 0.2) is 0 Å². The maximum Gasteiger partial charge on any atom is 0.305 e. The van der Waals surface area contributed by atoms with Crippen LogP contribution in [0.15, 0.2) is 0 Å². The zero-order valence-electron chi connectivity index (χ0n) is 24.7. The van der Waals surface area contributed by atoms with Crippen molar-refractivity contribution in [1.29, 1.82) is 0 Å². The van der Waals surface area contributed by atoms with E-state index in [4.69, 9.17) is 28.4 Å². The molecule has 0 atom stereocenters. The average Bonchev–Trinajstić information content (AvgIpc) is 2.92. The summed E-state index contributed by atoms with van der Waals surface area (Å²) in [5, 5.41) is 0. The standard InChI is InChI=1S/C30H58O8/c1-3-5-7-9-11-15-19-33-21-23-35-25-27-37-29(31)17-13-14-18-30(32)38-28-26-36-24-22-34-20-16-12-10-8-6-4-2/h3-28H2,1-2H3. The van der Waals surface area contributed by atoms with Crippen LogP contribution in [0.3, 0.4) is 0 Å². The molecule has 0 unspecified atom stereocenters. The van der Waals surface area contributed by atoms with Crippen LogP contribution in [0.4, 0.5) is 0 Å². The molecule has 8 nitrogen and oxygen atoms in total. The molecule has 0 aromatic rings. The maximum atomic E-state index is 11.8. The minimum atomic E-state index is -0.270. The summed E-state index contributed by atoms with van der Waals surface area (Å²) in [5.74, 6) is -0.540. The summed E-state index contributed by atoms with van der Waals surface area (Å²) < 4.78 is 32.2. The third-order valence-corrected chi connectivity index (χ3v) is 6.02. The molecule has 0 radical (unpaired) electrons. The van der Waals surface area contributed by atoms with E-state index < -0.39 is 0 Å². The quantitative estimate of drug-likeness (QED) is 0.0727. The van der Waals surface area contributed by atoms with E-state index in [1.807, 2.05) is 0 Å². The SMILES string of the molecule is CCCCCCCCOCCOCCOC(=O)CCCCC(=O)OCCOCCOCCCCCCCC. The highest BCUT2D eigenvalue weighted by Gasteiger charge is 2.06. The highest BCUT2D eigenvalue weighted by atomic mass is 16.6.